The van der Waals surface area contributed by atoms with E-state index in [0.717, 1.165) is 46.3 Å². The molecule has 29 heavy (non-hydrogen) atoms. The zero-order chi connectivity index (χ0) is 21.1. The minimum Gasteiger partial charge on any atom is -0.360 e. The van der Waals surface area contributed by atoms with E-state index in [1.807, 2.05) is 39.8 Å². The molecule has 0 bridgehead atoms. The molecular weight excluding hydrogens is 369 g/mol. The van der Waals surface area contributed by atoms with Gasteiger partial charge in [0.15, 0.2) is 0 Å². The van der Waals surface area contributed by atoms with Crippen LogP contribution in [0, 0.1) is 33.5 Å². The van der Waals surface area contributed by atoms with Crippen LogP contribution in [-0.2, 0) is 16.0 Å². The average Bonchev–Trinajstić information content (AvgIpc) is 2.66. The second-order valence-electron chi connectivity index (χ2n) is 7.82. The number of anilines is 2. The number of halogens is 1. The van der Waals surface area contributed by atoms with Crippen molar-refractivity contribution in [2.24, 2.45) is 0 Å². The highest BCUT2D eigenvalue weighted by Gasteiger charge is 2.24. The average molecular weight is 397 g/mol. The van der Waals surface area contributed by atoms with Gasteiger partial charge in [-0.1, -0.05) is 23.8 Å². The molecule has 0 saturated heterocycles. The Labute approximate surface area is 171 Å². The molecule has 0 atom stereocenters. The molecule has 1 heterocycles. The molecule has 1 aliphatic heterocycles. The first-order valence-corrected chi connectivity index (χ1v) is 9.93. The Morgan fingerprint density at radius 2 is 1.72 bits per heavy atom. The summed E-state index contributed by atoms with van der Waals surface area (Å²) in [6.45, 7) is 8.38. The van der Waals surface area contributed by atoms with Gasteiger partial charge in [0.25, 0.3) is 0 Å². The first kappa shape index (κ1) is 20.8. The normalized spacial score (nSPS) is 13.1. The third kappa shape index (κ3) is 4.75. The largest absolute Gasteiger partial charge is 0.360 e. The molecule has 0 saturated carbocycles. The van der Waals surface area contributed by atoms with Crippen LogP contribution in [0.15, 0.2) is 24.3 Å². The summed E-state index contributed by atoms with van der Waals surface area (Å²) < 4.78 is 14.4. The molecule has 0 radical (unpaired) electrons. The van der Waals surface area contributed by atoms with Gasteiger partial charge in [-0.25, -0.2) is 4.39 Å². The molecule has 0 spiro atoms. The number of hydrogen-bond acceptors (Lipinski definition) is 3. The van der Waals surface area contributed by atoms with Crippen LogP contribution in [0.3, 0.4) is 0 Å². The van der Waals surface area contributed by atoms with E-state index in [-0.39, 0.29) is 30.7 Å². The van der Waals surface area contributed by atoms with Gasteiger partial charge in [0.1, 0.15) is 5.82 Å². The molecule has 0 aliphatic carbocycles. The number of hydrogen-bond donors (Lipinski definition) is 2. The van der Waals surface area contributed by atoms with E-state index in [2.05, 4.69) is 10.6 Å². The van der Waals surface area contributed by atoms with Crippen LogP contribution < -0.4 is 15.5 Å². The zero-order valence-corrected chi connectivity index (χ0v) is 17.5. The van der Waals surface area contributed by atoms with Gasteiger partial charge < -0.3 is 15.5 Å². The number of carbonyl (C=O) groups is 2. The third-order valence-corrected chi connectivity index (χ3v) is 5.36. The number of nitrogens with zero attached hydrogens (tertiary/aromatic N) is 1. The summed E-state index contributed by atoms with van der Waals surface area (Å²) in [4.78, 5) is 26.5. The fraction of sp³-hybridized carbons (Fsp3) is 0.391. The number of nitrogens with one attached hydrogen (secondary N) is 2. The molecule has 0 aromatic heterocycles. The van der Waals surface area contributed by atoms with E-state index in [1.54, 1.807) is 11.0 Å². The van der Waals surface area contributed by atoms with Crippen LogP contribution in [0.5, 0.6) is 0 Å². The molecule has 154 valence electrons. The van der Waals surface area contributed by atoms with Crippen molar-refractivity contribution >= 4 is 23.2 Å². The quantitative estimate of drug-likeness (QED) is 0.811. The Hall–Kier alpha value is -2.89. The number of rotatable bonds is 5. The molecular formula is C23H28FN3O2. The minimum absolute atomic E-state index is 0.0310. The summed E-state index contributed by atoms with van der Waals surface area (Å²) in [5.74, 6) is -0.887. The number of benzene rings is 2. The summed E-state index contributed by atoms with van der Waals surface area (Å²) >= 11 is 0. The fourth-order valence-corrected chi connectivity index (χ4v) is 4.05. The fourth-order valence-electron chi connectivity index (χ4n) is 4.05. The van der Waals surface area contributed by atoms with Crippen LogP contribution in [0.2, 0.25) is 0 Å². The highest BCUT2D eigenvalue weighted by Crippen LogP contribution is 2.32. The predicted octanol–water partition coefficient (Wildman–Crippen LogP) is 3.57. The number of aryl methyl sites for hydroxylation is 4. The highest BCUT2D eigenvalue weighted by atomic mass is 19.1. The molecule has 2 aromatic carbocycles. The second kappa shape index (κ2) is 8.64. The summed E-state index contributed by atoms with van der Waals surface area (Å²) in [5.41, 5.74) is 6.40. The van der Waals surface area contributed by atoms with Crippen LogP contribution in [0.25, 0.3) is 0 Å². The van der Waals surface area contributed by atoms with E-state index < -0.39 is 0 Å². The van der Waals surface area contributed by atoms with E-state index in [0.29, 0.717) is 12.2 Å². The summed E-state index contributed by atoms with van der Waals surface area (Å²) in [5, 5.41) is 5.52. The van der Waals surface area contributed by atoms with Gasteiger partial charge in [0.2, 0.25) is 11.8 Å². The first-order valence-electron chi connectivity index (χ1n) is 9.93. The van der Waals surface area contributed by atoms with Gasteiger partial charge >= 0.3 is 0 Å². The molecule has 0 unspecified atom stereocenters. The maximum absolute atomic E-state index is 14.4. The predicted molar refractivity (Wildman–Crippen MR) is 114 cm³/mol. The number of carbonyl (C=O) groups excluding carboxylic acids is 2. The monoisotopic (exact) mass is 397 g/mol. The Morgan fingerprint density at radius 1 is 1.03 bits per heavy atom. The van der Waals surface area contributed by atoms with Gasteiger partial charge in [-0.05, 0) is 68.9 Å². The van der Waals surface area contributed by atoms with Crippen molar-refractivity contribution in [3.05, 3.63) is 57.9 Å². The lowest BCUT2D eigenvalue weighted by Crippen LogP contribution is -2.42. The van der Waals surface area contributed by atoms with Gasteiger partial charge in [-0.3, -0.25) is 9.59 Å². The van der Waals surface area contributed by atoms with Gasteiger partial charge in [-0.15, -0.1) is 0 Å². The smallest absolute Gasteiger partial charge is 0.243 e. The second-order valence-corrected chi connectivity index (χ2v) is 7.82. The summed E-state index contributed by atoms with van der Waals surface area (Å²) in [7, 11) is 0. The topological polar surface area (TPSA) is 61.4 Å². The maximum Gasteiger partial charge on any atom is 0.243 e. The van der Waals surface area contributed by atoms with Crippen LogP contribution in [0.4, 0.5) is 15.8 Å². The lowest BCUT2D eigenvalue weighted by atomic mass is 9.96. The van der Waals surface area contributed by atoms with Crippen molar-refractivity contribution in [2.45, 2.75) is 40.5 Å². The van der Waals surface area contributed by atoms with Crippen molar-refractivity contribution in [2.75, 3.05) is 29.9 Å². The van der Waals surface area contributed by atoms with Crippen molar-refractivity contribution < 1.29 is 14.0 Å². The Morgan fingerprint density at radius 3 is 2.41 bits per heavy atom. The Kier molecular flexibility index (Phi) is 6.20. The molecule has 0 fully saturated rings. The van der Waals surface area contributed by atoms with E-state index >= 15 is 0 Å². The SMILES string of the molecule is Cc1cc(C)c(NC(=O)CNC(=O)CN2CCCc3c(C)ccc(F)c32)c(C)c1. The molecule has 1 aliphatic rings. The number of fused-ring (bicyclic) bond motifs is 1. The standard InChI is InChI=1S/C23H28FN3O2/c1-14-10-16(3)22(17(4)11-14)26-20(28)12-25-21(29)13-27-9-5-6-18-15(2)7-8-19(24)23(18)27/h7-8,10-11H,5-6,9,12-13H2,1-4H3,(H,25,29)(H,26,28). The summed E-state index contributed by atoms with van der Waals surface area (Å²) in [6, 6.07) is 7.23. The molecule has 2 amide bonds. The molecule has 2 N–H and O–H groups in total. The molecule has 6 heteroatoms. The van der Waals surface area contributed by atoms with Crippen molar-refractivity contribution in [1.29, 1.82) is 0 Å². The zero-order valence-electron chi connectivity index (χ0n) is 17.5. The van der Waals surface area contributed by atoms with Gasteiger partial charge in [0.05, 0.1) is 18.8 Å². The highest BCUT2D eigenvalue weighted by molar-refractivity contribution is 5.96. The third-order valence-electron chi connectivity index (χ3n) is 5.36. The Balaban J connectivity index is 1.59. The van der Waals surface area contributed by atoms with E-state index in [9.17, 15) is 14.0 Å². The number of amides is 2. The van der Waals surface area contributed by atoms with E-state index in [1.165, 1.54) is 6.07 Å². The molecule has 2 aromatic rings. The molecule has 5 nitrogen and oxygen atoms in total. The maximum atomic E-state index is 14.4. The lowest BCUT2D eigenvalue weighted by molar-refractivity contribution is -0.123. The Bertz CT molecular complexity index is 932. The van der Waals surface area contributed by atoms with Gasteiger partial charge in [-0.2, -0.15) is 0 Å². The molecule has 3 rings (SSSR count). The van der Waals surface area contributed by atoms with Crippen LogP contribution in [-0.4, -0.2) is 31.4 Å². The van der Waals surface area contributed by atoms with Crippen LogP contribution >= 0.6 is 0 Å². The van der Waals surface area contributed by atoms with Crippen molar-refractivity contribution in [3.8, 4) is 0 Å². The first-order chi connectivity index (χ1) is 13.8. The lowest BCUT2D eigenvalue weighted by Gasteiger charge is -2.32. The van der Waals surface area contributed by atoms with E-state index in [4.69, 9.17) is 0 Å². The van der Waals surface area contributed by atoms with Crippen LogP contribution in [0.1, 0.15) is 34.2 Å². The minimum atomic E-state index is -0.304. The summed E-state index contributed by atoms with van der Waals surface area (Å²) in [6.07, 6.45) is 1.69. The van der Waals surface area contributed by atoms with Gasteiger partial charge in [0, 0.05) is 12.2 Å². The van der Waals surface area contributed by atoms with Crippen molar-refractivity contribution in [3.63, 3.8) is 0 Å². The van der Waals surface area contributed by atoms with Crippen molar-refractivity contribution in [1.82, 2.24) is 5.32 Å².